The Morgan fingerprint density at radius 1 is 0.781 bits per heavy atom. The van der Waals surface area contributed by atoms with E-state index in [1.54, 1.807) is 61.7 Å². The fraction of sp³-hybridized carbons (Fsp3) is 0.0800. The van der Waals surface area contributed by atoms with Crippen molar-refractivity contribution in [1.29, 1.82) is 0 Å². The second-order valence-corrected chi connectivity index (χ2v) is 9.06. The van der Waals surface area contributed by atoms with Gasteiger partial charge in [0.15, 0.2) is 0 Å². The molecule has 0 saturated heterocycles. The van der Waals surface area contributed by atoms with Crippen LogP contribution in [0.3, 0.4) is 0 Å². The van der Waals surface area contributed by atoms with Crippen molar-refractivity contribution in [3.05, 3.63) is 96.1 Å². The van der Waals surface area contributed by atoms with E-state index in [-0.39, 0.29) is 10.8 Å². The van der Waals surface area contributed by atoms with Gasteiger partial charge in [0.05, 0.1) is 12.0 Å². The number of ether oxygens (including phenoxy) is 1. The lowest BCUT2D eigenvalue weighted by Crippen LogP contribution is -2.14. The molecule has 0 fully saturated rings. The van der Waals surface area contributed by atoms with Crippen LogP contribution in [-0.2, 0) is 10.0 Å². The number of fused-ring (bicyclic) bond motifs is 1. The Bertz CT molecular complexity index is 1380. The lowest BCUT2D eigenvalue weighted by atomic mass is 10.1. The van der Waals surface area contributed by atoms with Crippen molar-refractivity contribution in [2.45, 2.75) is 11.8 Å². The monoisotopic (exact) mass is 446 g/mol. The van der Waals surface area contributed by atoms with Crippen LogP contribution in [0.1, 0.15) is 15.9 Å². The minimum absolute atomic E-state index is 0.189. The molecule has 0 aliphatic heterocycles. The number of aryl methyl sites for hydroxylation is 1. The van der Waals surface area contributed by atoms with Crippen LogP contribution in [0, 0.1) is 6.92 Å². The maximum absolute atomic E-state index is 12.7. The zero-order chi connectivity index (χ0) is 22.7. The normalized spacial score (nSPS) is 11.2. The predicted molar refractivity (Wildman–Crippen MR) is 127 cm³/mol. The van der Waals surface area contributed by atoms with Gasteiger partial charge in [-0.2, -0.15) is 0 Å². The van der Waals surface area contributed by atoms with Gasteiger partial charge in [-0.25, -0.2) is 8.42 Å². The van der Waals surface area contributed by atoms with Gasteiger partial charge in [-0.05, 0) is 78.4 Å². The van der Waals surface area contributed by atoms with Crippen LogP contribution in [0.25, 0.3) is 10.8 Å². The molecular formula is C25H22N2O4S. The summed E-state index contributed by atoms with van der Waals surface area (Å²) in [6.45, 7) is 1.89. The summed E-state index contributed by atoms with van der Waals surface area (Å²) in [6, 6.07) is 24.2. The summed E-state index contributed by atoms with van der Waals surface area (Å²) >= 11 is 0. The Morgan fingerprint density at radius 3 is 2.09 bits per heavy atom. The first kappa shape index (κ1) is 21.4. The van der Waals surface area contributed by atoms with Gasteiger partial charge >= 0.3 is 0 Å². The van der Waals surface area contributed by atoms with E-state index < -0.39 is 10.0 Å². The molecule has 0 radical (unpaired) electrons. The van der Waals surface area contributed by atoms with Crippen LogP contribution in [0.4, 0.5) is 11.4 Å². The highest BCUT2D eigenvalue weighted by Crippen LogP contribution is 2.23. The number of hydrogen-bond donors (Lipinski definition) is 2. The molecule has 1 amide bonds. The van der Waals surface area contributed by atoms with Crippen molar-refractivity contribution in [2.24, 2.45) is 0 Å². The highest BCUT2D eigenvalue weighted by molar-refractivity contribution is 7.92. The van der Waals surface area contributed by atoms with Crippen LogP contribution in [0.5, 0.6) is 5.75 Å². The van der Waals surface area contributed by atoms with Gasteiger partial charge in [-0.1, -0.05) is 29.8 Å². The Labute approximate surface area is 186 Å². The van der Waals surface area contributed by atoms with E-state index in [9.17, 15) is 13.2 Å². The van der Waals surface area contributed by atoms with E-state index >= 15 is 0 Å². The average Bonchev–Trinajstić information content (AvgIpc) is 2.79. The number of amides is 1. The molecule has 162 valence electrons. The number of anilines is 2. The van der Waals surface area contributed by atoms with Crippen LogP contribution < -0.4 is 14.8 Å². The number of carbonyl (C=O) groups excluding carboxylic acids is 1. The molecule has 4 rings (SSSR count). The van der Waals surface area contributed by atoms with Crippen LogP contribution in [0.15, 0.2) is 89.8 Å². The quantitative estimate of drug-likeness (QED) is 0.426. The molecule has 0 unspecified atom stereocenters. The number of sulfonamides is 1. The summed E-state index contributed by atoms with van der Waals surface area (Å²) in [7, 11) is -2.07. The first-order chi connectivity index (χ1) is 15.3. The molecule has 0 atom stereocenters. The minimum Gasteiger partial charge on any atom is -0.497 e. The van der Waals surface area contributed by atoms with Crippen molar-refractivity contribution >= 4 is 38.1 Å². The summed E-state index contributed by atoms with van der Waals surface area (Å²) in [5.41, 5.74) is 2.47. The predicted octanol–water partition coefficient (Wildman–Crippen LogP) is 5.21. The lowest BCUT2D eigenvalue weighted by Gasteiger charge is -2.10. The smallest absolute Gasteiger partial charge is 0.261 e. The fourth-order valence-corrected chi connectivity index (χ4v) is 4.31. The van der Waals surface area contributed by atoms with Gasteiger partial charge in [0.25, 0.3) is 15.9 Å². The Balaban J connectivity index is 1.45. The highest BCUT2D eigenvalue weighted by atomic mass is 32.2. The molecule has 0 saturated carbocycles. The van der Waals surface area contributed by atoms with E-state index in [4.69, 9.17) is 4.74 Å². The summed E-state index contributed by atoms with van der Waals surface area (Å²) in [4.78, 5) is 12.8. The van der Waals surface area contributed by atoms with Crippen LogP contribution in [-0.4, -0.2) is 21.4 Å². The van der Waals surface area contributed by atoms with E-state index in [1.807, 2.05) is 37.3 Å². The topological polar surface area (TPSA) is 84.5 Å². The largest absolute Gasteiger partial charge is 0.497 e. The van der Waals surface area contributed by atoms with Crippen LogP contribution in [0.2, 0.25) is 0 Å². The zero-order valence-corrected chi connectivity index (χ0v) is 18.4. The third kappa shape index (κ3) is 4.73. The third-order valence-electron chi connectivity index (χ3n) is 5.04. The highest BCUT2D eigenvalue weighted by Gasteiger charge is 2.14. The van der Waals surface area contributed by atoms with E-state index in [2.05, 4.69) is 10.0 Å². The molecule has 0 heterocycles. The van der Waals surface area contributed by atoms with Crippen molar-refractivity contribution in [3.8, 4) is 5.75 Å². The van der Waals surface area contributed by atoms with Crippen molar-refractivity contribution in [3.63, 3.8) is 0 Å². The van der Waals surface area contributed by atoms with Gasteiger partial charge in [-0.3, -0.25) is 9.52 Å². The molecule has 6 nitrogen and oxygen atoms in total. The molecule has 7 heteroatoms. The van der Waals surface area contributed by atoms with Gasteiger partial charge in [0.1, 0.15) is 5.75 Å². The van der Waals surface area contributed by atoms with Gasteiger partial charge in [0, 0.05) is 16.9 Å². The number of methoxy groups -OCH3 is 1. The Morgan fingerprint density at radius 2 is 1.41 bits per heavy atom. The molecule has 4 aromatic rings. The maximum Gasteiger partial charge on any atom is 0.261 e. The van der Waals surface area contributed by atoms with Crippen molar-refractivity contribution in [1.82, 2.24) is 0 Å². The number of nitrogens with one attached hydrogen (secondary N) is 2. The van der Waals surface area contributed by atoms with E-state index in [0.29, 0.717) is 16.9 Å². The second kappa shape index (κ2) is 8.72. The minimum atomic E-state index is -3.68. The first-order valence-corrected chi connectivity index (χ1v) is 11.4. The summed E-state index contributed by atoms with van der Waals surface area (Å²) in [6.07, 6.45) is 0. The molecular weight excluding hydrogens is 424 g/mol. The molecule has 0 spiro atoms. The maximum atomic E-state index is 12.7. The molecule has 0 aliphatic carbocycles. The molecule has 4 aromatic carbocycles. The van der Waals surface area contributed by atoms with Gasteiger partial charge in [-0.15, -0.1) is 0 Å². The Hall–Kier alpha value is -3.84. The molecule has 0 bridgehead atoms. The first-order valence-electron chi connectivity index (χ1n) is 9.93. The zero-order valence-electron chi connectivity index (χ0n) is 17.6. The SMILES string of the molecule is COc1ccc2cc(C(=O)Nc3ccc(NS(=O)(=O)c4ccc(C)cc4)cc3)ccc2c1. The number of benzene rings is 4. The Kier molecular flexibility index (Phi) is 5.83. The average molecular weight is 447 g/mol. The van der Waals surface area contributed by atoms with Gasteiger partial charge < -0.3 is 10.1 Å². The fourth-order valence-electron chi connectivity index (χ4n) is 3.25. The number of rotatable bonds is 6. The van der Waals surface area contributed by atoms with Gasteiger partial charge in [0.2, 0.25) is 0 Å². The number of hydrogen-bond acceptors (Lipinski definition) is 4. The second-order valence-electron chi connectivity index (χ2n) is 7.38. The van der Waals surface area contributed by atoms with Crippen molar-refractivity contribution < 1.29 is 17.9 Å². The van der Waals surface area contributed by atoms with Crippen molar-refractivity contribution in [2.75, 3.05) is 17.1 Å². The summed E-state index contributed by atoms with van der Waals surface area (Å²) < 4.78 is 32.8. The third-order valence-corrected chi connectivity index (χ3v) is 6.43. The van der Waals surface area contributed by atoms with E-state index in [0.717, 1.165) is 22.1 Å². The number of carbonyl (C=O) groups is 1. The van der Waals surface area contributed by atoms with E-state index in [1.165, 1.54) is 0 Å². The molecule has 2 N–H and O–H groups in total. The molecule has 32 heavy (non-hydrogen) atoms. The molecule has 0 aliphatic rings. The summed E-state index contributed by atoms with van der Waals surface area (Å²) in [5, 5.41) is 4.74. The summed E-state index contributed by atoms with van der Waals surface area (Å²) in [5.74, 6) is 0.503. The van der Waals surface area contributed by atoms with Crippen LogP contribution >= 0.6 is 0 Å². The lowest BCUT2D eigenvalue weighted by molar-refractivity contribution is 0.102. The standard InChI is InChI=1S/C25H22N2O4S/c1-17-3-13-24(14-4-17)32(29,30)27-22-10-8-21(9-11-22)26-25(28)20-6-5-19-16-23(31-2)12-7-18(19)15-20/h3-16,27H,1-2H3,(H,26,28). The molecule has 0 aromatic heterocycles.